The topological polar surface area (TPSA) is 70.8 Å². The zero-order valence-electron chi connectivity index (χ0n) is 13.3. The predicted octanol–water partition coefficient (Wildman–Crippen LogP) is 2.80. The lowest BCUT2D eigenvalue weighted by molar-refractivity contribution is 0.383. The molecule has 0 spiro atoms. The number of benzene rings is 1. The summed E-state index contributed by atoms with van der Waals surface area (Å²) >= 11 is 0. The molecule has 23 heavy (non-hydrogen) atoms. The number of fused-ring (bicyclic) bond motifs is 1. The van der Waals surface area contributed by atoms with Gasteiger partial charge in [-0.25, -0.2) is 9.97 Å². The normalized spacial score (nSPS) is 21.2. The van der Waals surface area contributed by atoms with Gasteiger partial charge in [0.2, 0.25) is 0 Å². The first-order chi connectivity index (χ1) is 11.2. The van der Waals surface area contributed by atoms with E-state index >= 15 is 0 Å². The molecule has 3 N–H and O–H groups in total. The van der Waals surface area contributed by atoms with Crippen molar-refractivity contribution in [1.29, 1.82) is 0 Å². The fourth-order valence-electron chi connectivity index (χ4n) is 3.24. The van der Waals surface area contributed by atoms with Crippen LogP contribution < -0.4 is 10.6 Å². The Balaban J connectivity index is 1.66. The molecule has 1 aromatic carbocycles. The van der Waals surface area contributed by atoms with E-state index in [1.807, 2.05) is 18.5 Å². The van der Waals surface area contributed by atoms with E-state index in [0.717, 1.165) is 48.5 Å². The van der Waals surface area contributed by atoms with Crippen LogP contribution in [0, 0.1) is 5.41 Å². The minimum absolute atomic E-state index is 0.222. The molecule has 1 saturated heterocycles. The number of rotatable bonds is 3. The predicted molar refractivity (Wildman–Crippen MR) is 93.3 cm³/mol. The van der Waals surface area contributed by atoms with E-state index in [0.29, 0.717) is 0 Å². The molecule has 0 saturated carbocycles. The number of nitrogens with two attached hydrogens (primary N) is 1. The minimum atomic E-state index is 0.222. The number of H-pyrrole nitrogens is 1. The maximum atomic E-state index is 5.92. The number of aromatic nitrogens is 3. The highest BCUT2D eigenvalue weighted by molar-refractivity contribution is 5.75. The summed E-state index contributed by atoms with van der Waals surface area (Å²) in [6.45, 7) is 5.07. The monoisotopic (exact) mass is 307 g/mol. The Morgan fingerprint density at radius 2 is 2.26 bits per heavy atom. The van der Waals surface area contributed by atoms with Gasteiger partial charge in [-0.2, -0.15) is 0 Å². The van der Waals surface area contributed by atoms with Crippen molar-refractivity contribution in [3.8, 4) is 11.3 Å². The van der Waals surface area contributed by atoms with Crippen LogP contribution in [0.1, 0.15) is 13.3 Å². The second-order valence-electron chi connectivity index (χ2n) is 6.70. The molecule has 2 aromatic heterocycles. The standard InChI is InChI=1S/C18H21N5/c1-18(11-19)6-8-23(12-18)14-4-2-3-13(9-14)16-10-21-17-15(22-16)5-7-20-17/h2-5,7,9-10H,6,8,11-12,19H2,1H3,(H,20,21). The number of hydrogen-bond acceptors (Lipinski definition) is 4. The van der Waals surface area contributed by atoms with Gasteiger partial charge in [-0.1, -0.05) is 19.1 Å². The molecule has 0 amide bonds. The summed E-state index contributed by atoms with van der Waals surface area (Å²) in [4.78, 5) is 14.6. The summed E-state index contributed by atoms with van der Waals surface area (Å²) in [6.07, 6.45) is 4.83. The van der Waals surface area contributed by atoms with Gasteiger partial charge < -0.3 is 15.6 Å². The SMILES string of the molecule is CC1(CN)CCN(c2cccc(-c3cnc4[nH]ccc4n3)c2)C1. The third-order valence-corrected chi connectivity index (χ3v) is 4.82. The molecule has 1 atom stereocenters. The van der Waals surface area contributed by atoms with Crippen molar-refractivity contribution in [2.45, 2.75) is 13.3 Å². The van der Waals surface area contributed by atoms with E-state index in [1.54, 1.807) is 0 Å². The van der Waals surface area contributed by atoms with E-state index in [2.05, 4.69) is 51.0 Å². The van der Waals surface area contributed by atoms with Crippen molar-refractivity contribution in [3.05, 3.63) is 42.7 Å². The van der Waals surface area contributed by atoms with Gasteiger partial charge >= 0.3 is 0 Å². The molecule has 0 aliphatic carbocycles. The maximum absolute atomic E-state index is 5.92. The van der Waals surface area contributed by atoms with Crippen LogP contribution in [0.25, 0.3) is 22.4 Å². The molecule has 3 heterocycles. The summed E-state index contributed by atoms with van der Waals surface area (Å²) in [5.41, 5.74) is 11.1. The second kappa shape index (κ2) is 5.35. The number of aromatic amines is 1. The molecule has 1 aliphatic heterocycles. The first kappa shape index (κ1) is 14.2. The lowest BCUT2D eigenvalue weighted by Crippen LogP contribution is -2.31. The van der Waals surface area contributed by atoms with Gasteiger partial charge in [-0.05, 0) is 36.6 Å². The van der Waals surface area contributed by atoms with Crippen molar-refractivity contribution in [2.24, 2.45) is 11.1 Å². The molecule has 0 bridgehead atoms. The highest BCUT2D eigenvalue weighted by atomic mass is 15.2. The van der Waals surface area contributed by atoms with Gasteiger partial charge in [0.15, 0.2) is 5.65 Å². The first-order valence-corrected chi connectivity index (χ1v) is 8.02. The third kappa shape index (κ3) is 2.57. The lowest BCUT2D eigenvalue weighted by Gasteiger charge is -2.24. The molecule has 1 unspecified atom stereocenters. The molecule has 1 fully saturated rings. The van der Waals surface area contributed by atoms with Crippen LogP contribution >= 0.6 is 0 Å². The molecular weight excluding hydrogens is 286 g/mol. The molecule has 0 radical (unpaired) electrons. The summed E-state index contributed by atoms with van der Waals surface area (Å²) in [7, 11) is 0. The zero-order chi connectivity index (χ0) is 15.9. The van der Waals surface area contributed by atoms with Gasteiger partial charge in [0.1, 0.15) is 5.52 Å². The highest BCUT2D eigenvalue weighted by Crippen LogP contribution is 2.33. The smallest absolute Gasteiger partial charge is 0.156 e. The average Bonchev–Trinajstić information content (AvgIpc) is 3.21. The summed E-state index contributed by atoms with van der Waals surface area (Å²) in [6, 6.07) is 10.5. The van der Waals surface area contributed by atoms with Gasteiger partial charge in [-0.3, -0.25) is 0 Å². The van der Waals surface area contributed by atoms with Gasteiger partial charge in [0.25, 0.3) is 0 Å². The Morgan fingerprint density at radius 3 is 3.09 bits per heavy atom. The van der Waals surface area contributed by atoms with E-state index in [-0.39, 0.29) is 5.41 Å². The Bertz CT molecular complexity index is 840. The molecule has 5 nitrogen and oxygen atoms in total. The van der Waals surface area contributed by atoms with Crippen molar-refractivity contribution in [1.82, 2.24) is 15.0 Å². The van der Waals surface area contributed by atoms with Gasteiger partial charge in [0, 0.05) is 30.5 Å². The summed E-state index contributed by atoms with van der Waals surface area (Å²) in [5, 5.41) is 0. The van der Waals surface area contributed by atoms with Crippen molar-refractivity contribution in [3.63, 3.8) is 0 Å². The number of nitrogens with zero attached hydrogens (tertiary/aromatic N) is 3. The van der Waals surface area contributed by atoms with Gasteiger partial charge in [0.05, 0.1) is 11.9 Å². The Hall–Kier alpha value is -2.40. The molecule has 4 rings (SSSR count). The van der Waals surface area contributed by atoms with Crippen LogP contribution in [0.4, 0.5) is 5.69 Å². The highest BCUT2D eigenvalue weighted by Gasteiger charge is 2.32. The fourth-order valence-corrected chi connectivity index (χ4v) is 3.24. The van der Waals surface area contributed by atoms with Crippen LogP contribution in [0.15, 0.2) is 42.7 Å². The Kier molecular flexibility index (Phi) is 3.31. The number of anilines is 1. The van der Waals surface area contributed by atoms with Crippen molar-refractivity contribution < 1.29 is 0 Å². The molecule has 118 valence electrons. The van der Waals surface area contributed by atoms with Crippen LogP contribution in [-0.4, -0.2) is 34.6 Å². The molecule has 1 aliphatic rings. The van der Waals surface area contributed by atoms with E-state index < -0.39 is 0 Å². The van der Waals surface area contributed by atoms with Crippen molar-refractivity contribution >= 4 is 16.9 Å². The zero-order valence-corrected chi connectivity index (χ0v) is 13.3. The van der Waals surface area contributed by atoms with Gasteiger partial charge in [-0.15, -0.1) is 0 Å². The number of nitrogens with one attached hydrogen (secondary N) is 1. The fraction of sp³-hybridized carbons (Fsp3) is 0.333. The third-order valence-electron chi connectivity index (χ3n) is 4.82. The van der Waals surface area contributed by atoms with E-state index in [1.165, 1.54) is 5.69 Å². The summed E-state index contributed by atoms with van der Waals surface area (Å²) < 4.78 is 0. The van der Waals surface area contributed by atoms with Crippen LogP contribution in [-0.2, 0) is 0 Å². The number of hydrogen-bond donors (Lipinski definition) is 2. The van der Waals surface area contributed by atoms with Crippen LogP contribution in [0.2, 0.25) is 0 Å². The van der Waals surface area contributed by atoms with E-state index in [9.17, 15) is 0 Å². The Morgan fingerprint density at radius 1 is 1.35 bits per heavy atom. The largest absolute Gasteiger partial charge is 0.371 e. The lowest BCUT2D eigenvalue weighted by atomic mass is 9.90. The van der Waals surface area contributed by atoms with Crippen LogP contribution in [0.3, 0.4) is 0 Å². The Labute approximate surface area is 135 Å². The maximum Gasteiger partial charge on any atom is 0.156 e. The molecule has 3 aromatic rings. The quantitative estimate of drug-likeness (QED) is 0.780. The van der Waals surface area contributed by atoms with Crippen LogP contribution in [0.5, 0.6) is 0 Å². The minimum Gasteiger partial charge on any atom is -0.371 e. The summed E-state index contributed by atoms with van der Waals surface area (Å²) in [5.74, 6) is 0. The molecular formula is C18H21N5. The van der Waals surface area contributed by atoms with E-state index in [4.69, 9.17) is 5.73 Å². The van der Waals surface area contributed by atoms with Crippen molar-refractivity contribution in [2.75, 3.05) is 24.5 Å². The first-order valence-electron chi connectivity index (χ1n) is 8.02. The average molecular weight is 307 g/mol. The second-order valence-corrected chi connectivity index (χ2v) is 6.70. The molecule has 5 heteroatoms.